The van der Waals surface area contributed by atoms with Gasteiger partial charge in [-0.25, -0.2) is 0 Å². The van der Waals surface area contributed by atoms with E-state index in [1.54, 1.807) is 12.1 Å². The summed E-state index contributed by atoms with van der Waals surface area (Å²) in [5, 5.41) is 10.2. The van der Waals surface area contributed by atoms with Gasteiger partial charge in [-0.2, -0.15) is 0 Å². The van der Waals surface area contributed by atoms with Crippen molar-refractivity contribution in [1.29, 1.82) is 0 Å². The number of nitrogens with zero attached hydrogens (tertiary/aromatic N) is 2. The second kappa shape index (κ2) is 18.7. The fourth-order valence-electron chi connectivity index (χ4n) is 4.40. The van der Waals surface area contributed by atoms with Gasteiger partial charge >= 0.3 is 0 Å². The van der Waals surface area contributed by atoms with Crippen molar-refractivity contribution in [2.24, 2.45) is 17.1 Å². The van der Waals surface area contributed by atoms with Crippen LogP contribution in [-0.4, -0.2) is 68.3 Å². The molecule has 3 fully saturated rings. The van der Waals surface area contributed by atoms with E-state index in [2.05, 4.69) is 15.4 Å². The first kappa shape index (κ1) is 33.5. The molecule has 0 radical (unpaired) electrons. The predicted octanol–water partition coefficient (Wildman–Crippen LogP) is 4.48. The number of non-ortho nitro benzene ring substituents is 1. The minimum Gasteiger partial charge on any atom is -0.463 e. The number of carbonyl (C=O) groups excluding carboxylic acids is 2. The van der Waals surface area contributed by atoms with E-state index < -0.39 is 4.92 Å². The standard InChI is InChI=1S/C17H29NO3.C8H7NO4.C2H6.CH5N/c1-14(21-13-15-2-10-20-11-3-15)12-16(19)18-8-6-17(4-5-17)7-9-18;10-6-13-5-7-1-3-8(4-2-7)9(11)12;2*1-2/h14-15H,2-13H2,1H3;1-4,6H,5H2;1-2H3;2H2,1H3. The first-order valence-electron chi connectivity index (χ1n) is 13.7. The highest BCUT2D eigenvalue weighted by molar-refractivity contribution is 5.76. The number of likely N-dealkylation sites (tertiary alicyclic amines) is 1. The zero-order valence-corrected chi connectivity index (χ0v) is 23.6. The van der Waals surface area contributed by atoms with Crippen molar-refractivity contribution in [3.8, 4) is 0 Å². The molecule has 2 aliphatic heterocycles. The Kier molecular flexibility index (Phi) is 16.4. The number of nitro benzene ring substituents is 1. The maximum Gasteiger partial charge on any atom is 0.293 e. The van der Waals surface area contributed by atoms with Gasteiger partial charge in [0.1, 0.15) is 6.61 Å². The van der Waals surface area contributed by atoms with E-state index in [-0.39, 0.29) is 24.3 Å². The van der Waals surface area contributed by atoms with E-state index in [1.807, 2.05) is 20.8 Å². The summed E-state index contributed by atoms with van der Waals surface area (Å²) < 4.78 is 15.7. The summed E-state index contributed by atoms with van der Waals surface area (Å²) in [5.41, 5.74) is 5.88. The van der Waals surface area contributed by atoms with Crippen molar-refractivity contribution in [3.63, 3.8) is 0 Å². The highest BCUT2D eigenvalue weighted by atomic mass is 16.6. The first-order valence-corrected chi connectivity index (χ1v) is 13.7. The topological polar surface area (TPSA) is 134 Å². The van der Waals surface area contributed by atoms with E-state index in [0.29, 0.717) is 24.2 Å². The normalized spacial score (nSPS) is 18.3. The van der Waals surface area contributed by atoms with Crippen LogP contribution in [0.15, 0.2) is 24.3 Å². The van der Waals surface area contributed by atoms with E-state index in [0.717, 1.165) is 51.3 Å². The van der Waals surface area contributed by atoms with Crippen LogP contribution in [0.1, 0.15) is 71.3 Å². The average molecular weight is 538 g/mol. The van der Waals surface area contributed by atoms with Gasteiger partial charge in [0.15, 0.2) is 0 Å². The third kappa shape index (κ3) is 12.3. The molecule has 0 aromatic heterocycles. The van der Waals surface area contributed by atoms with Gasteiger partial charge in [-0.15, -0.1) is 0 Å². The number of rotatable bonds is 9. The van der Waals surface area contributed by atoms with E-state index in [1.165, 1.54) is 44.9 Å². The zero-order valence-electron chi connectivity index (χ0n) is 23.6. The number of carbonyl (C=O) groups is 2. The summed E-state index contributed by atoms with van der Waals surface area (Å²) >= 11 is 0. The van der Waals surface area contributed by atoms with Gasteiger partial charge in [-0.3, -0.25) is 19.7 Å². The number of piperidine rings is 1. The molecule has 2 N–H and O–H groups in total. The second-order valence-corrected chi connectivity index (χ2v) is 9.62. The minimum absolute atomic E-state index is 0.0230. The number of nitrogens with two attached hydrogens (primary N) is 1. The summed E-state index contributed by atoms with van der Waals surface area (Å²) in [4.78, 5) is 34.0. The lowest BCUT2D eigenvalue weighted by molar-refractivity contribution is -0.384. The van der Waals surface area contributed by atoms with Crippen molar-refractivity contribution >= 4 is 18.1 Å². The smallest absolute Gasteiger partial charge is 0.293 e. The average Bonchev–Trinajstić information content (AvgIpc) is 3.72. The zero-order chi connectivity index (χ0) is 28.4. The van der Waals surface area contributed by atoms with Crippen LogP contribution in [0.5, 0.6) is 0 Å². The van der Waals surface area contributed by atoms with Crippen molar-refractivity contribution in [1.82, 2.24) is 4.90 Å². The molecular weight excluding hydrogens is 490 g/mol. The van der Waals surface area contributed by atoms with Gasteiger partial charge < -0.3 is 24.8 Å². The summed E-state index contributed by atoms with van der Waals surface area (Å²) in [6, 6.07) is 5.82. The molecule has 1 aromatic carbocycles. The second-order valence-electron chi connectivity index (χ2n) is 9.62. The van der Waals surface area contributed by atoms with Crippen molar-refractivity contribution in [2.45, 2.75) is 78.4 Å². The Bertz CT molecular complexity index is 799. The summed E-state index contributed by atoms with van der Waals surface area (Å²) in [6.45, 7) is 10.9. The summed E-state index contributed by atoms with van der Waals surface area (Å²) in [6.07, 6.45) is 7.97. The number of amides is 1. The summed E-state index contributed by atoms with van der Waals surface area (Å²) in [5.74, 6) is 0.894. The van der Waals surface area contributed by atoms with E-state index in [9.17, 15) is 19.7 Å². The van der Waals surface area contributed by atoms with Crippen LogP contribution in [0.3, 0.4) is 0 Å². The van der Waals surface area contributed by atoms with Crippen molar-refractivity contribution in [3.05, 3.63) is 39.9 Å². The molecule has 1 aliphatic carbocycles. The number of benzene rings is 1. The first-order chi connectivity index (χ1) is 18.4. The molecule has 38 heavy (non-hydrogen) atoms. The molecule has 2 heterocycles. The minimum atomic E-state index is -0.482. The summed E-state index contributed by atoms with van der Waals surface area (Å²) in [7, 11) is 1.50. The van der Waals surface area contributed by atoms with Crippen LogP contribution in [0.2, 0.25) is 0 Å². The molecule has 1 amide bonds. The molecule has 4 rings (SSSR count). The molecule has 1 unspecified atom stereocenters. The highest BCUT2D eigenvalue weighted by Gasteiger charge is 2.45. The van der Waals surface area contributed by atoms with Crippen LogP contribution >= 0.6 is 0 Å². The highest BCUT2D eigenvalue weighted by Crippen LogP contribution is 2.53. The van der Waals surface area contributed by atoms with Gasteiger partial charge in [0, 0.05) is 45.0 Å². The molecule has 10 heteroatoms. The number of ether oxygens (including phenoxy) is 3. The SMILES string of the molecule is CC.CC(CC(=O)N1CCC2(CC1)CC2)OCC1CCOCC1.CN.O=COCc1ccc([N+](=O)[O-])cc1. The molecule has 2 saturated heterocycles. The Balaban J connectivity index is 0.000000366. The molecule has 216 valence electrons. The molecule has 0 bridgehead atoms. The van der Waals surface area contributed by atoms with Crippen LogP contribution in [-0.2, 0) is 30.4 Å². The maximum absolute atomic E-state index is 12.3. The van der Waals surface area contributed by atoms with E-state index >= 15 is 0 Å². The van der Waals surface area contributed by atoms with Gasteiger partial charge in [-0.1, -0.05) is 13.8 Å². The Labute approximate surface area is 227 Å². The molecule has 1 spiro atoms. The van der Waals surface area contributed by atoms with Gasteiger partial charge in [0.25, 0.3) is 12.2 Å². The van der Waals surface area contributed by atoms with Crippen LogP contribution in [0.25, 0.3) is 0 Å². The van der Waals surface area contributed by atoms with Crippen LogP contribution in [0.4, 0.5) is 5.69 Å². The van der Waals surface area contributed by atoms with Gasteiger partial charge in [0.05, 0.1) is 17.4 Å². The number of nitro groups is 1. The lowest BCUT2D eigenvalue weighted by atomic mass is 9.93. The third-order valence-corrected chi connectivity index (χ3v) is 7.02. The molecule has 3 aliphatic rings. The fourth-order valence-corrected chi connectivity index (χ4v) is 4.40. The van der Waals surface area contributed by atoms with Gasteiger partial charge in [0.2, 0.25) is 5.91 Å². The molecular formula is C28H47N3O7. The number of hydrogen-bond acceptors (Lipinski definition) is 8. The molecule has 1 aromatic rings. The largest absolute Gasteiger partial charge is 0.463 e. The molecule has 1 saturated carbocycles. The predicted molar refractivity (Wildman–Crippen MR) is 146 cm³/mol. The third-order valence-electron chi connectivity index (χ3n) is 7.02. The van der Waals surface area contributed by atoms with Crippen LogP contribution in [0, 0.1) is 21.4 Å². The Morgan fingerprint density at radius 2 is 1.74 bits per heavy atom. The van der Waals surface area contributed by atoms with E-state index in [4.69, 9.17) is 9.47 Å². The Morgan fingerprint density at radius 3 is 2.24 bits per heavy atom. The monoisotopic (exact) mass is 537 g/mol. The quantitative estimate of drug-likeness (QED) is 0.277. The number of hydrogen-bond donors (Lipinski definition) is 1. The van der Waals surface area contributed by atoms with Crippen molar-refractivity contribution < 1.29 is 28.7 Å². The molecule has 1 atom stereocenters. The lowest BCUT2D eigenvalue weighted by Gasteiger charge is -2.33. The van der Waals surface area contributed by atoms with Crippen molar-refractivity contribution in [2.75, 3.05) is 40.0 Å². The van der Waals surface area contributed by atoms with Crippen LogP contribution < -0.4 is 5.73 Å². The Morgan fingerprint density at radius 1 is 1.16 bits per heavy atom. The Hall–Kier alpha value is -2.56. The van der Waals surface area contributed by atoms with Gasteiger partial charge in [-0.05, 0) is 81.5 Å². The molecule has 10 nitrogen and oxygen atoms in total. The maximum atomic E-state index is 12.3. The fraction of sp³-hybridized carbons (Fsp3) is 0.714. The lowest BCUT2D eigenvalue weighted by Crippen LogP contribution is -2.40.